The van der Waals surface area contributed by atoms with Crippen molar-refractivity contribution in [1.29, 1.82) is 5.26 Å². The molecular formula is C23H22N4O5S. The number of alkyl carbamates (subject to hydrolysis) is 1. The normalized spacial score (nSPS) is 15.1. The Morgan fingerprint density at radius 1 is 1.45 bits per heavy atom. The van der Waals surface area contributed by atoms with Crippen LogP contribution in [0, 0.1) is 24.2 Å². The number of hydrogen-bond donors (Lipinski definition) is 2. The lowest BCUT2D eigenvalue weighted by Crippen LogP contribution is -2.27. The summed E-state index contributed by atoms with van der Waals surface area (Å²) in [5.74, 6) is 1.04. The number of ether oxygens (including phenoxy) is 1. The Bertz CT molecular complexity index is 1200. The van der Waals surface area contributed by atoms with Crippen molar-refractivity contribution in [3.05, 3.63) is 63.8 Å². The van der Waals surface area contributed by atoms with Crippen LogP contribution in [0.15, 0.2) is 39.6 Å². The number of hydrogen-bond acceptors (Lipinski definition) is 8. The average Bonchev–Trinajstić information content (AvgIpc) is 3.54. The fraction of sp³-hybridized carbons (Fsp3) is 0.304. The van der Waals surface area contributed by atoms with E-state index in [1.807, 2.05) is 0 Å². The van der Waals surface area contributed by atoms with Crippen LogP contribution in [0.5, 0.6) is 0 Å². The summed E-state index contributed by atoms with van der Waals surface area (Å²) in [6.45, 7) is 2.34. The third-order valence-electron chi connectivity index (χ3n) is 5.38. The number of nitriles is 1. The Hall–Kier alpha value is -3.84. The van der Waals surface area contributed by atoms with Crippen LogP contribution in [0.1, 0.15) is 39.5 Å². The molecule has 0 spiro atoms. The predicted molar refractivity (Wildman–Crippen MR) is 120 cm³/mol. The fourth-order valence-electron chi connectivity index (χ4n) is 3.60. The third kappa shape index (κ3) is 5.51. The molecule has 3 heterocycles. The summed E-state index contributed by atoms with van der Waals surface area (Å²) in [4.78, 5) is 25.3. The number of aryl methyl sites for hydroxylation is 1. The van der Waals surface area contributed by atoms with E-state index in [2.05, 4.69) is 21.9 Å². The van der Waals surface area contributed by atoms with Crippen LogP contribution in [0.4, 0.5) is 9.80 Å². The van der Waals surface area contributed by atoms with E-state index >= 15 is 0 Å². The van der Waals surface area contributed by atoms with Crippen LogP contribution < -0.4 is 10.6 Å². The quantitative estimate of drug-likeness (QED) is 0.499. The zero-order chi connectivity index (χ0) is 23.2. The van der Waals surface area contributed by atoms with Gasteiger partial charge in [-0.3, -0.25) is 4.79 Å². The molecule has 9 nitrogen and oxygen atoms in total. The van der Waals surface area contributed by atoms with Crippen molar-refractivity contribution >= 4 is 34.4 Å². The monoisotopic (exact) mass is 466 g/mol. The molecule has 1 aliphatic rings. The highest BCUT2D eigenvalue weighted by atomic mass is 32.1. The van der Waals surface area contributed by atoms with Crippen LogP contribution in [-0.4, -0.2) is 23.8 Å². The van der Waals surface area contributed by atoms with Crippen LogP contribution in [-0.2, 0) is 28.9 Å². The van der Waals surface area contributed by atoms with Gasteiger partial charge < -0.3 is 24.3 Å². The molecule has 10 heteroatoms. The van der Waals surface area contributed by atoms with Gasteiger partial charge in [-0.1, -0.05) is 5.16 Å². The standard InChI is InChI=1S/C23H22N4O5S/c1-14-16(12-26-32-14)11-25-23(29)31-13-15-4-6-18-19(10-24)22(33-20(18)9-15)27-21(28)7-5-17-3-2-8-30-17/h2-3,5,7-8,12,15H,4,6,9,11,13H2,1H3,(H,25,29)(H,27,28)/b7-5+. The van der Waals surface area contributed by atoms with Crippen LogP contribution >= 0.6 is 11.3 Å². The molecule has 0 bridgehead atoms. The highest BCUT2D eigenvalue weighted by molar-refractivity contribution is 7.16. The first-order valence-electron chi connectivity index (χ1n) is 10.4. The van der Waals surface area contributed by atoms with Crippen LogP contribution in [0.2, 0.25) is 0 Å². The molecule has 1 unspecified atom stereocenters. The summed E-state index contributed by atoms with van der Waals surface area (Å²) >= 11 is 1.40. The predicted octanol–water partition coefficient (Wildman–Crippen LogP) is 4.19. The summed E-state index contributed by atoms with van der Waals surface area (Å²) in [5.41, 5.74) is 2.28. The number of anilines is 1. The van der Waals surface area contributed by atoms with Crippen molar-refractivity contribution in [1.82, 2.24) is 10.5 Å². The average molecular weight is 467 g/mol. The first-order valence-corrected chi connectivity index (χ1v) is 11.2. The van der Waals surface area contributed by atoms with Gasteiger partial charge in [0.1, 0.15) is 22.6 Å². The van der Waals surface area contributed by atoms with Gasteiger partial charge in [-0.05, 0) is 55.9 Å². The van der Waals surface area contributed by atoms with Crippen LogP contribution in [0.3, 0.4) is 0 Å². The van der Waals surface area contributed by atoms with Gasteiger partial charge in [0.25, 0.3) is 0 Å². The van der Waals surface area contributed by atoms with Crippen molar-refractivity contribution in [2.45, 2.75) is 32.7 Å². The number of fused-ring (bicyclic) bond motifs is 1. The molecule has 2 amide bonds. The fourth-order valence-corrected chi connectivity index (χ4v) is 4.92. The lowest BCUT2D eigenvalue weighted by Gasteiger charge is -2.21. The minimum absolute atomic E-state index is 0.146. The Kier molecular flexibility index (Phi) is 6.90. The van der Waals surface area contributed by atoms with E-state index in [9.17, 15) is 14.9 Å². The number of nitrogens with zero attached hydrogens (tertiary/aromatic N) is 2. The van der Waals surface area contributed by atoms with Gasteiger partial charge in [-0.25, -0.2) is 4.79 Å². The molecule has 170 valence electrons. The van der Waals surface area contributed by atoms with E-state index in [1.54, 1.807) is 31.3 Å². The van der Waals surface area contributed by atoms with E-state index < -0.39 is 6.09 Å². The van der Waals surface area contributed by atoms with Crippen molar-refractivity contribution in [2.75, 3.05) is 11.9 Å². The van der Waals surface area contributed by atoms with Crippen molar-refractivity contribution in [3.63, 3.8) is 0 Å². The molecule has 0 fully saturated rings. The molecule has 0 saturated heterocycles. The second-order valence-corrected chi connectivity index (χ2v) is 8.73. The summed E-state index contributed by atoms with van der Waals surface area (Å²) in [7, 11) is 0. The minimum Gasteiger partial charge on any atom is -0.465 e. The van der Waals surface area contributed by atoms with Gasteiger partial charge in [-0.2, -0.15) is 5.26 Å². The molecule has 1 atom stereocenters. The van der Waals surface area contributed by atoms with Crippen LogP contribution in [0.25, 0.3) is 6.08 Å². The van der Waals surface area contributed by atoms with Gasteiger partial charge in [0.2, 0.25) is 5.91 Å². The molecule has 3 aromatic rings. The molecule has 1 aliphatic carbocycles. The van der Waals surface area contributed by atoms with E-state index in [4.69, 9.17) is 13.7 Å². The smallest absolute Gasteiger partial charge is 0.407 e. The van der Waals surface area contributed by atoms with Crippen molar-refractivity contribution in [2.24, 2.45) is 5.92 Å². The second-order valence-electron chi connectivity index (χ2n) is 7.63. The first-order chi connectivity index (χ1) is 16.0. The number of carbonyl (C=O) groups excluding carboxylic acids is 2. The number of carbonyl (C=O) groups is 2. The van der Waals surface area contributed by atoms with E-state index in [0.29, 0.717) is 34.9 Å². The Morgan fingerprint density at radius 3 is 3.06 bits per heavy atom. The summed E-state index contributed by atoms with van der Waals surface area (Å²) in [6.07, 6.45) is 7.70. The van der Waals surface area contributed by atoms with Gasteiger partial charge in [0.15, 0.2) is 0 Å². The molecule has 0 radical (unpaired) electrons. The van der Waals surface area contributed by atoms with Gasteiger partial charge in [0.05, 0.1) is 31.2 Å². The number of thiophene rings is 1. The molecule has 3 aromatic heterocycles. The Balaban J connectivity index is 1.31. The third-order valence-corrected chi connectivity index (χ3v) is 6.55. The highest BCUT2D eigenvalue weighted by Crippen LogP contribution is 2.39. The molecule has 33 heavy (non-hydrogen) atoms. The number of nitrogens with one attached hydrogen (secondary N) is 2. The number of furan rings is 1. The maximum absolute atomic E-state index is 12.3. The van der Waals surface area contributed by atoms with Crippen molar-refractivity contribution in [3.8, 4) is 6.07 Å². The lowest BCUT2D eigenvalue weighted by molar-refractivity contribution is -0.111. The Morgan fingerprint density at radius 2 is 2.33 bits per heavy atom. The zero-order valence-electron chi connectivity index (χ0n) is 17.9. The van der Waals surface area contributed by atoms with Gasteiger partial charge >= 0.3 is 6.09 Å². The highest BCUT2D eigenvalue weighted by Gasteiger charge is 2.27. The minimum atomic E-state index is -0.499. The summed E-state index contributed by atoms with van der Waals surface area (Å²) in [6, 6.07) is 5.70. The topological polar surface area (TPSA) is 130 Å². The molecule has 0 aromatic carbocycles. The lowest BCUT2D eigenvalue weighted by atomic mass is 9.88. The van der Waals surface area contributed by atoms with Gasteiger partial charge in [-0.15, -0.1) is 11.3 Å². The second kappa shape index (κ2) is 10.2. The molecular weight excluding hydrogens is 444 g/mol. The molecule has 0 aliphatic heterocycles. The van der Waals surface area contributed by atoms with E-state index in [1.165, 1.54) is 23.7 Å². The van der Waals surface area contributed by atoms with Gasteiger partial charge in [0, 0.05) is 16.5 Å². The summed E-state index contributed by atoms with van der Waals surface area (Å²) < 4.78 is 15.5. The van der Waals surface area contributed by atoms with E-state index in [0.717, 1.165) is 22.4 Å². The maximum Gasteiger partial charge on any atom is 0.407 e. The molecule has 4 rings (SSSR count). The Labute approximate surface area is 194 Å². The SMILES string of the molecule is Cc1oncc1CNC(=O)OCC1CCc2c(sc(NC(=O)/C=C/c3ccco3)c2C#N)C1. The number of aromatic nitrogens is 1. The van der Waals surface area contributed by atoms with E-state index in [-0.39, 0.29) is 25.0 Å². The summed E-state index contributed by atoms with van der Waals surface area (Å²) in [5, 5.41) is 19.3. The first kappa shape index (κ1) is 22.4. The van der Waals surface area contributed by atoms with Crippen molar-refractivity contribution < 1.29 is 23.3 Å². The number of amides is 2. The molecule has 2 N–H and O–H groups in total. The number of rotatable bonds is 7. The molecule has 0 saturated carbocycles. The maximum atomic E-state index is 12.3. The largest absolute Gasteiger partial charge is 0.465 e. The zero-order valence-corrected chi connectivity index (χ0v) is 18.7.